The van der Waals surface area contributed by atoms with Crippen LogP contribution in [-0.4, -0.2) is 17.8 Å². The van der Waals surface area contributed by atoms with Gasteiger partial charge in [0.05, 0.1) is 19.3 Å². The molecule has 0 saturated carbocycles. The lowest BCUT2D eigenvalue weighted by Crippen LogP contribution is -2.10. The monoisotopic (exact) mass is 292 g/mol. The Bertz CT molecular complexity index is 538. The quantitative estimate of drug-likeness (QED) is 0.873. The second-order valence-electron chi connectivity index (χ2n) is 4.57. The first-order valence-corrected chi connectivity index (χ1v) is 6.79. The van der Waals surface area contributed by atoms with Gasteiger partial charge in [-0.15, -0.1) is 0 Å². The van der Waals surface area contributed by atoms with Gasteiger partial charge in [0, 0.05) is 5.02 Å². The van der Waals surface area contributed by atoms with E-state index >= 15 is 0 Å². The molecule has 0 saturated heterocycles. The number of aliphatic hydroxyl groups excluding tert-OH is 1. The SMILES string of the molecule is CC(O)COCc1cccc(Oc2ccc(Cl)cc2)c1. The van der Waals surface area contributed by atoms with Crippen molar-refractivity contribution in [2.75, 3.05) is 6.61 Å². The normalized spacial score (nSPS) is 12.2. The Morgan fingerprint density at radius 2 is 1.85 bits per heavy atom. The molecule has 0 aliphatic rings. The maximum atomic E-state index is 9.14. The molecule has 0 aliphatic heterocycles. The van der Waals surface area contributed by atoms with Crippen LogP contribution in [0.3, 0.4) is 0 Å². The number of benzene rings is 2. The third kappa shape index (κ3) is 4.85. The van der Waals surface area contributed by atoms with Crippen LogP contribution in [0.1, 0.15) is 12.5 Å². The summed E-state index contributed by atoms with van der Waals surface area (Å²) in [7, 11) is 0. The molecule has 1 unspecified atom stereocenters. The molecule has 0 amide bonds. The fraction of sp³-hybridized carbons (Fsp3) is 0.250. The van der Waals surface area contributed by atoms with Crippen molar-refractivity contribution in [3.63, 3.8) is 0 Å². The Hall–Kier alpha value is -1.55. The van der Waals surface area contributed by atoms with Gasteiger partial charge in [-0.3, -0.25) is 0 Å². The minimum atomic E-state index is -0.455. The maximum Gasteiger partial charge on any atom is 0.127 e. The Morgan fingerprint density at radius 1 is 1.10 bits per heavy atom. The summed E-state index contributed by atoms with van der Waals surface area (Å²) in [5, 5.41) is 9.82. The van der Waals surface area contributed by atoms with Gasteiger partial charge in [0.1, 0.15) is 11.5 Å². The summed E-state index contributed by atoms with van der Waals surface area (Å²) in [6.45, 7) is 2.46. The molecule has 0 aliphatic carbocycles. The van der Waals surface area contributed by atoms with Crippen molar-refractivity contribution in [3.05, 3.63) is 59.1 Å². The molecular weight excluding hydrogens is 276 g/mol. The van der Waals surface area contributed by atoms with Crippen molar-refractivity contribution in [2.45, 2.75) is 19.6 Å². The van der Waals surface area contributed by atoms with E-state index in [1.807, 2.05) is 36.4 Å². The number of ether oxygens (including phenoxy) is 2. The lowest BCUT2D eigenvalue weighted by atomic mass is 10.2. The average molecular weight is 293 g/mol. The molecule has 106 valence electrons. The fourth-order valence-corrected chi connectivity index (χ4v) is 1.81. The third-order valence-electron chi connectivity index (χ3n) is 2.58. The average Bonchev–Trinajstić information content (AvgIpc) is 2.41. The van der Waals surface area contributed by atoms with Gasteiger partial charge in [0.25, 0.3) is 0 Å². The van der Waals surface area contributed by atoms with E-state index in [9.17, 15) is 0 Å². The van der Waals surface area contributed by atoms with Crippen molar-refractivity contribution in [1.82, 2.24) is 0 Å². The van der Waals surface area contributed by atoms with Crippen LogP contribution in [-0.2, 0) is 11.3 Å². The highest BCUT2D eigenvalue weighted by molar-refractivity contribution is 6.30. The molecule has 4 heteroatoms. The van der Waals surface area contributed by atoms with Crippen molar-refractivity contribution in [2.24, 2.45) is 0 Å². The lowest BCUT2D eigenvalue weighted by Gasteiger charge is -2.09. The molecule has 20 heavy (non-hydrogen) atoms. The highest BCUT2D eigenvalue weighted by Gasteiger charge is 2.01. The summed E-state index contributed by atoms with van der Waals surface area (Å²) in [6, 6.07) is 14.9. The standard InChI is InChI=1S/C16H17ClO3/c1-12(18)10-19-11-13-3-2-4-16(9-13)20-15-7-5-14(17)6-8-15/h2-9,12,18H,10-11H2,1H3. The van der Waals surface area contributed by atoms with E-state index < -0.39 is 6.10 Å². The zero-order chi connectivity index (χ0) is 14.4. The summed E-state index contributed by atoms with van der Waals surface area (Å²) in [4.78, 5) is 0. The first kappa shape index (κ1) is 14.9. The van der Waals surface area contributed by atoms with E-state index in [-0.39, 0.29) is 0 Å². The van der Waals surface area contributed by atoms with Crippen molar-refractivity contribution in [3.8, 4) is 11.5 Å². The Balaban J connectivity index is 1.96. The van der Waals surface area contributed by atoms with Gasteiger partial charge < -0.3 is 14.6 Å². The molecule has 1 atom stereocenters. The number of aliphatic hydroxyl groups is 1. The predicted octanol–water partition coefficient (Wildman–Crippen LogP) is 4.03. The van der Waals surface area contributed by atoms with Crippen LogP contribution in [0.4, 0.5) is 0 Å². The largest absolute Gasteiger partial charge is 0.457 e. The topological polar surface area (TPSA) is 38.7 Å². The van der Waals surface area contributed by atoms with E-state index in [1.165, 1.54) is 0 Å². The highest BCUT2D eigenvalue weighted by atomic mass is 35.5. The number of halogens is 1. The smallest absolute Gasteiger partial charge is 0.127 e. The van der Waals surface area contributed by atoms with E-state index in [0.717, 1.165) is 17.1 Å². The third-order valence-corrected chi connectivity index (χ3v) is 2.83. The molecule has 2 aromatic carbocycles. The van der Waals surface area contributed by atoms with Crippen LogP contribution in [0.15, 0.2) is 48.5 Å². The Morgan fingerprint density at radius 3 is 2.55 bits per heavy atom. The molecule has 0 heterocycles. The fourth-order valence-electron chi connectivity index (χ4n) is 1.68. The van der Waals surface area contributed by atoms with Gasteiger partial charge in [-0.05, 0) is 48.9 Å². The van der Waals surface area contributed by atoms with Crippen molar-refractivity contribution >= 4 is 11.6 Å². The first-order valence-electron chi connectivity index (χ1n) is 6.41. The molecule has 0 spiro atoms. The number of hydrogen-bond donors (Lipinski definition) is 1. The van der Waals surface area contributed by atoms with Gasteiger partial charge >= 0.3 is 0 Å². The summed E-state index contributed by atoms with van der Waals surface area (Å²) in [5.41, 5.74) is 0.997. The predicted molar refractivity (Wildman–Crippen MR) is 79.3 cm³/mol. The van der Waals surface area contributed by atoms with Gasteiger partial charge in [-0.2, -0.15) is 0 Å². The maximum absolute atomic E-state index is 9.14. The van der Waals surface area contributed by atoms with E-state index in [4.69, 9.17) is 26.2 Å². The molecule has 0 bridgehead atoms. The zero-order valence-electron chi connectivity index (χ0n) is 11.3. The van der Waals surface area contributed by atoms with Crippen LogP contribution in [0.2, 0.25) is 5.02 Å². The highest BCUT2D eigenvalue weighted by Crippen LogP contribution is 2.24. The van der Waals surface area contributed by atoms with Crippen LogP contribution >= 0.6 is 11.6 Å². The molecule has 1 N–H and O–H groups in total. The summed E-state index contributed by atoms with van der Waals surface area (Å²) < 4.78 is 11.1. The van der Waals surface area contributed by atoms with Crippen LogP contribution in [0.5, 0.6) is 11.5 Å². The second-order valence-corrected chi connectivity index (χ2v) is 5.00. The van der Waals surface area contributed by atoms with E-state index in [0.29, 0.717) is 18.2 Å². The molecule has 2 rings (SSSR count). The number of hydrogen-bond acceptors (Lipinski definition) is 3. The van der Waals surface area contributed by atoms with Gasteiger partial charge in [0.15, 0.2) is 0 Å². The molecule has 0 radical (unpaired) electrons. The van der Waals surface area contributed by atoms with Crippen molar-refractivity contribution < 1.29 is 14.6 Å². The Labute approximate surface area is 123 Å². The van der Waals surface area contributed by atoms with E-state index in [1.54, 1.807) is 19.1 Å². The second kappa shape index (κ2) is 7.29. The van der Waals surface area contributed by atoms with Gasteiger partial charge in [0.2, 0.25) is 0 Å². The van der Waals surface area contributed by atoms with Gasteiger partial charge in [-0.25, -0.2) is 0 Å². The molecule has 2 aromatic rings. The first-order chi connectivity index (χ1) is 9.63. The minimum Gasteiger partial charge on any atom is -0.457 e. The lowest BCUT2D eigenvalue weighted by molar-refractivity contribution is 0.0375. The van der Waals surface area contributed by atoms with Crippen LogP contribution in [0.25, 0.3) is 0 Å². The van der Waals surface area contributed by atoms with Crippen molar-refractivity contribution in [1.29, 1.82) is 0 Å². The molecular formula is C16H17ClO3. The van der Waals surface area contributed by atoms with Gasteiger partial charge in [-0.1, -0.05) is 23.7 Å². The molecule has 3 nitrogen and oxygen atoms in total. The molecule has 0 aromatic heterocycles. The van der Waals surface area contributed by atoms with Crippen LogP contribution < -0.4 is 4.74 Å². The zero-order valence-corrected chi connectivity index (χ0v) is 12.0. The van der Waals surface area contributed by atoms with E-state index in [2.05, 4.69) is 0 Å². The summed E-state index contributed by atoms with van der Waals surface area (Å²) in [6.07, 6.45) is -0.455. The van der Waals surface area contributed by atoms with Crippen LogP contribution in [0, 0.1) is 0 Å². The summed E-state index contributed by atoms with van der Waals surface area (Å²) >= 11 is 5.83. The number of rotatable bonds is 6. The minimum absolute atomic E-state index is 0.322. The molecule has 0 fully saturated rings. The summed E-state index contributed by atoms with van der Waals surface area (Å²) in [5.74, 6) is 1.47. The Kier molecular flexibility index (Phi) is 5.41.